The quantitative estimate of drug-likeness (QED) is 0.686. The molecule has 1 aromatic rings. The topological polar surface area (TPSA) is 34.1 Å². The van der Waals surface area contributed by atoms with Gasteiger partial charge in [-0.2, -0.15) is 0 Å². The average molecular weight is 222 g/mol. The molecule has 0 radical (unpaired) electrons. The zero-order chi connectivity index (χ0) is 11.6. The molecule has 0 saturated heterocycles. The number of hydrogen-bond acceptors (Lipinski definition) is 3. The van der Waals surface area contributed by atoms with Crippen LogP contribution in [0.25, 0.3) is 0 Å². The van der Waals surface area contributed by atoms with Crippen LogP contribution in [0.5, 0.6) is 0 Å². The molecule has 1 N–H and O–H groups in total. The monoisotopic (exact) mass is 222 g/mol. The van der Waals surface area contributed by atoms with Crippen molar-refractivity contribution in [3.8, 4) is 0 Å². The third-order valence-corrected chi connectivity index (χ3v) is 2.28. The van der Waals surface area contributed by atoms with Crippen molar-refractivity contribution >= 4 is 0 Å². The van der Waals surface area contributed by atoms with Crippen LogP contribution in [0.1, 0.15) is 32.3 Å². The van der Waals surface area contributed by atoms with E-state index in [1.54, 1.807) is 0 Å². The maximum absolute atomic E-state index is 5.47. The second-order valence-electron chi connectivity index (χ2n) is 4.16. The van der Waals surface area contributed by atoms with E-state index in [9.17, 15) is 0 Å². The van der Waals surface area contributed by atoms with Gasteiger partial charge in [-0.25, -0.2) is 0 Å². The summed E-state index contributed by atoms with van der Waals surface area (Å²) in [5.74, 6) is 0. The summed E-state index contributed by atoms with van der Waals surface area (Å²) in [6.45, 7) is 6.98. The Balaban J connectivity index is 1.93. The highest BCUT2D eigenvalue weighted by atomic mass is 16.5. The molecule has 16 heavy (non-hydrogen) atoms. The van der Waals surface area contributed by atoms with E-state index in [2.05, 4.69) is 24.1 Å². The fourth-order valence-electron chi connectivity index (χ4n) is 1.40. The first-order valence-electron chi connectivity index (χ1n) is 6.00. The van der Waals surface area contributed by atoms with Crippen molar-refractivity contribution in [1.29, 1.82) is 0 Å². The number of pyridine rings is 1. The van der Waals surface area contributed by atoms with Crippen molar-refractivity contribution in [1.82, 2.24) is 10.3 Å². The van der Waals surface area contributed by atoms with Crippen LogP contribution >= 0.6 is 0 Å². The minimum absolute atomic E-state index is 0.352. The summed E-state index contributed by atoms with van der Waals surface area (Å²) in [6.07, 6.45) is 6.30. The number of nitrogens with zero attached hydrogens (tertiary/aromatic N) is 1. The SMILES string of the molecule is CC(C)OCCCCNCc1ccncc1. The molecule has 0 unspecified atom stereocenters. The zero-order valence-corrected chi connectivity index (χ0v) is 10.3. The van der Waals surface area contributed by atoms with E-state index in [0.29, 0.717) is 6.10 Å². The van der Waals surface area contributed by atoms with E-state index in [1.165, 1.54) is 5.56 Å². The summed E-state index contributed by atoms with van der Waals surface area (Å²) < 4.78 is 5.47. The highest BCUT2D eigenvalue weighted by Crippen LogP contribution is 1.96. The van der Waals surface area contributed by atoms with Gasteiger partial charge in [0.05, 0.1) is 6.10 Å². The van der Waals surface area contributed by atoms with Gasteiger partial charge in [0.15, 0.2) is 0 Å². The van der Waals surface area contributed by atoms with E-state index in [1.807, 2.05) is 24.5 Å². The second-order valence-corrected chi connectivity index (χ2v) is 4.16. The standard InChI is InChI=1S/C13H22N2O/c1-12(2)16-10-4-3-7-15-11-13-5-8-14-9-6-13/h5-6,8-9,12,15H,3-4,7,10-11H2,1-2H3. The van der Waals surface area contributed by atoms with E-state index in [4.69, 9.17) is 4.74 Å². The van der Waals surface area contributed by atoms with Crippen molar-refractivity contribution in [2.24, 2.45) is 0 Å². The minimum atomic E-state index is 0.352. The molecular formula is C13H22N2O. The molecule has 1 aromatic heterocycles. The molecule has 90 valence electrons. The van der Waals surface area contributed by atoms with Crippen molar-refractivity contribution < 1.29 is 4.74 Å². The van der Waals surface area contributed by atoms with Gasteiger partial charge in [0, 0.05) is 25.5 Å². The van der Waals surface area contributed by atoms with Crippen LogP contribution in [0.15, 0.2) is 24.5 Å². The number of unbranched alkanes of at least 4 members (excludes halogenated alkanes) is 1. The maximum atomic E-state index is 5.47. The average Bonchev–Trinajstić information content (AvgIpc) is 2.29. The normalized spacial score (nSPS) is 10.9. The Hall–Kier alpha value is -0.930. The molecule has 0 aromatic carbocycles. The number of aromatic nitrogens is 1. The summed E-state index contributed by atoms with van der Waals surface area (Å²) in [5.41, 5.74) is 1.29. The lowest BCUT2D eigenvalue weighted by Gasteiger charge is -2.07. The molecule has 0 bridgehead atoms. The maximum Gasteiger partial charge on any atom is 0.0518 e. The molecule has 0 fully saturated rings. The van der Waals surface area contributed by atoms with Crippen molar-refractivity contribution in [3.05, 3.63) is 30.1 Å². The molecular weight excluding hydrogens is 200 g/mol. The van der Waals surface area contributed by atoms with Gasteiger partial charge in [-0.15, -0.1) is 0 Å². The van der Waals surface area contributed by atoms with Crippen molar-refractivity contribution in [3.63, 3.8) is 0 Å². The molecule has 0 spiro atoms. The van der Waals surface area contributed by atoms with Crippen LogP contribution < -0.4 is 5.32 Å². The van der Waals surface area contributed by atoms with Crippen molar-refractivity contribution in [2.75, 3.05) is 13.2 Å². The van der Waals surface area contributed by atoms with Gasteiger partial charge in [0.1, 0.15) is 0 Å². The van der Waals surface area contributed by atoms with Crippen molar-refractivity contribution in [2.45, 2.75) is 39.3 Å². The lowest BCUT2D eigenvalue weighted by molar-refractivity contribution is 0.0760. The molecule has 0 amide bonds. The van der Waals surface area contributed by atoms with Crippen LogP contribution in [0.3, 0.4) is 0 Å². The van der Waals surface area contributed by atoms with Crippen LogP contribution in [0.2, 0.25) is 0 Å². The molecule has 3 heteroatoms. The second kappa shape index (κ2) is 8.25. The summed E-state index contributed by atoms with van der Waals surface area (Å²) in [5, 5.41) is 3.41. The Kier molecular flexibility index (Phi) is 6.77. The molecule has 0 aliphatic carbocycles. The molecule has 3 nitrogen and oxygen atoms in total. The van der Waals surface area contributed by atoms with Crippen LogP contribution in [-0.4, -0.2) is 24.2 Å². The fraction of sp³-hybridized carbons (Fsp3) is 0.615. The minimum Gasteiger partial charge on any atom is -0.379 e. The summed E-state index contributed by atoms with van der Waals surface area (Å²) in [4.78, 5) is 3.99. The summed E-state index contributed by atoms with van der Waals surface area (Å²) in [7, 11) is 0. The Labute approximate surface area is 98.2 Å². The zero-order valence-electron chi connectivity index (χ0n) is 10.3. The summed E-state index contributed by atoms with van der Waals surface area (Å²) in [6, 6.07) is 4.07. The van der Waals surface area contributed by atoms with Gasteiger partial charge in [-0.3, -0.25) is 4.98 Å². The lowest BCUT2D eigenvalue weighted by Crippen LogP contribution is -2.15. The molecule has 0 atom stereocenters. The van der Waals surface area contributed by atoms with Gasteiger partial charge >= 0.3 is 0 Å². The number of rotatable bonds is 8. The first-order chi connectivity index (χ1) is 7.79. The predicted molar refractivity (Wildman–Crippen MR) is 66.3 cm³/mol. The third kappa shape index (κ3) is 6.53. The van der Waals surface area contributed by atoms with Gasteiger partial charge in [-0.05, 0) is 50.9 Å². The highest BCUT2D eigenvalue weighted by Gasteiger charge is 1.94. The Bertz CT molecular complexity index is 262. The Morgan fingerprint density at radius 2 is 2.00 bits per heavy atom. The predicted octanol–water partition coefficient (Wildman–Crippen LogP) is 2.38. The van der Waals surface area contributed by atoms with Gasteiger partial charge in [0.25, 0.3) is 0 Å². The number of hydrogen-bond donors (Lipinski definition) is 1. The van der Waals surface area contributed by atoms with Gasteiger partial charge in [0.2, 0.25) is 0 Å². The molecule has 0 aliphatic heterocycles. The van der Waals surface area contributed by atoms with Gasteiger partial charge < -0.3 is 10.1 Å². The smallest absolute Gasteiger partial charge is 0.0518 e. The summed E-state index contributed by atoms with van der Waals surface area (Å²) >= 11 is 0. The number of nitrogens with one attached hydrogen (secondary N) is 1. The lowest BCUT2D eigenvalue weighted by atomic mass is 10.2. The van der Waals surface area contributed by atoms with Gasteiger partial charge in [-0.1, -0.05) is 0 Å². The molecule has 1 heterocycles. The largest absolute Gasteiger partial charge is 0.379 e. The fourth-order valence-corrected chi connectivity index (χ4v) is 1.40. The van der Waals surface area contributed by atoms with Crippen LogP contribution in [-0.2, 0) is 11.3 Å². The van der Waals surface area contributed by atoms with E-state index >= 15 is 0 Å². The van der Waals surface area contributed by atoms with E-state index in [-0.39, 0.29) is 0 Å². The first kappa shape index (κ1) is 13.1. The number of ether oxygens (including phenoxy) is 1. The first-order valence-corrected chi connectivity index (χ1v) is 6.00. The van der Waals surface area contributed by atoms with E-state index in [0.717, 1.165) is 32.5 Å². The molecule has 0 saturated carbocycles. The van der Waals surface area contributed by atoms with E-state index < -0.39 is 0 Å². The molecule has 1 rings (SSSR count). The van der Waals surface area contributed by atoms with Crippen LogP contribution in [0.4, 0.5) is 0 Å². The molecule has 0 aliphatic rings. The van der Waals surface area contributed by atoms with Crippen LogP contribution in [0, 0.1) is 0 Å². The highest BCUT2D eigenvalue weighted by molar-refractivity contribution is 5.08. The third-order valence-electron chi connectivity index (χ3n) is 2.28. The Morgan fingerprint density at radius 3 is 2.69 bits per heavy atom. The Morgan fingerprint density at radius 1 is 1.25 bits per heavy atom.